The Morgan fingerprint density at radius 3 is 2.79 bits per heavy atom. The Kier molecular flexibility index (Phi) is 3.90. The van der Waals surface area contributed by atoms with Crippen molar-refractivity contribution in [1.82, 2.24) is 10.3 Å². The van der Waals surface area contributed by atoms with Crippen LogP contribution in [0, 0.1) is 5.41 Å². The predicted molar refractivity (Wildman–Crippen MR) is 75.0 cm³/mol. The molecule has 0 bridgehead atoms. The summed E-state index contributed by atoms with van der Waals surface area (Å²) in [4.78, 5) is 0. The number of aromatic nitrogens is 2. The van der Waals surface area contributed by atoms with Crippen LogP contribution in [0.1, 0.15) is 20.3 Å². The number of nitrogen functional groups attached to an aromatic ring is 1. The van der Waals surface area contributed by atoms with E-state index < -0.39 is 0 Å². The fraction of sp³-hybridized carbons (Fsp3) is 0.538. The van der Waals surface area contributed by atoms with Gasteiger partial charge in [0.2, 0.25) is 0 Å². The molecule has 1 aromatic heterocycles. The summed E-state index contributed by atoms with van der Waals surface area (Å²) in [6.45, 7) is 5.93. The Morgan fingerprint density at radius 2 is 2.05 bits per heavy atom. The van der Waals surface area contributed by atoms with Crippen molar-refractivity contribution in [1.29, 1.82) is 0 Å². The van der Waals surface area contributed by atoms with Gasteiger partial charge in [0.1, 0.15) is 0 Å². The molecule has 0 spiro atoms. The third kappa shape index (κ3) is 3.14. The minimum absolute atomic E-state index is 0.126. The van der Waals surface area contributed by atoms with Crippen molar-refractivity contribution in [3.05, 3.63) is 12.1 Å². The smallest absolute Gasteiger partial charge is 0.160 e. The molecule has 0 fully saturated rings. The van der Waals surface area contributed by atoms with Crippen LogP contribution < -0.4 is 11.1 Å². The first-order chi connectivity index (χ1) is 9.03. The van der Waals surface area contributed by atoms with E-state index in [1.54, 1.807) is 13.2 Å². The van der Waals surface area contributed by atoms with E-state index >= 15 is 0 Å². The van der Waals surface area contributed by atoms with E-state index in [0.29, 0.717) is 16.7 Å². The van der Waals surface area contributed by atoms with E-state index in [4.69, 9.17) is 15.1 Å². The van der Waals surface area contributed by atoms with Crippen molar-refractivity contribution >= 4 is 22.4 Å². The van der Waals surface area contributed by atoms with Gasteiger partial charge in [0.25, 0.3) is 0 Å². The van der Waals surface area contributed by atoms with Crippen LogP contribution in [0.5, 0.6) is 0 Å². The highest BCUT2D eigenvalue weighted by atomic mass is 16.6. The van der Waals surface area contributed by atoms with Gasteiger partial charge in [-0.25, -0.2) is 4.63 Å². The molecule has 0 amide bonds. The standard InChI is InChI=1S/C13H20N4O2/c1-13(2,6-7-18-3)8-15-10-5-4-9(14)11-12(10)17-19-16-11/h4-5,15H,6-8,14H2,1-3H3. The van der Waals surface area contributed by atoms with Crippen LogP contribution in [0.25, 0.3) is 11.0 Å². The average molecular weight is 264 g/mol. The van der Waals surface area contributed by atoms with Gasteiger partial charge in [-0.3, -0.25) is 0 Å². The maximum atomic E-state index is 5.81. The second-order valence-corrected chi connectivity index (χ2v) is 5.42. The molecule has 1 aromatic carbocycles. The van der Waals surface area contributed by atoms with Gasteiger partial charge >= 0.3 is 0 Å². The highest BCUT2D eigenvalue weighted by Gasteiger charge is 2.18. The number of anilines is 2. The Bertz CT molecular complexity index is 551. The number of fused-ring (bicyclic) bond motifs is 1. The topological polar surface area (TPSA) is 86.2 Å². The molecule has 1 heterocycles. The average Bonchev–Trinajstić information content (AvgIpc) is 2.86. The molecule has 2 rings (SSSR count). The minimum atomic E-state index is 0.126. The number of rotatable bonds is 6. The number of benzene rings is 1. The molecule has 19 heavy (non-hydrogen) atoms. The van der Waals surface area contributed by atoms with Crippen LogP contribution in [0.4, 0.5) is 11.4 Å². The maximum absolute atomic E-state index is 5.81. The SMILES string of the molecule is COCCC(C)(C)CNc1ccc(N)c2nonc12. The molecule has 2 aromatic rings. The fourth-order valence-corrected chi connectivity index (χ4v) is 1.83. The van der Waals surface area contributed by atoms with Crippen LogP contribution in [-0.4, -0.2) is 30.6 Å². The molecule has 6 nitrogen and oxygen atoms in total. The molecular weight excluding hydrogens is 244 g/mol. The lowest BCUT2D eigenvalue weighted by molar-refractivity contribution is 0.157. The molecule has 3 N–H and O–H groups in total. The van der Waals surface area contributed by atoms with Crippen LogP contribution >= 0.6 is 0 Å². The number of nitrogens with two attached hydrogens (primary N) is 1. The summed E-state index contributed by atoms with van der Waals surface area (Å²) in [5, 5.41) is 11.1. The third-order valence-corrected chi connectivity index (χ3v) is 3.19. The van der Waals surface area contributed by atoms with Gasteiger partial charge in [0, 0.05) is 20.3 Å². The summed E-state index contributed by atoms with van der Waals surface area (Å²) < 4.78 is 9.86. The van der Waals surface area contributed by atoms with E-state index in [-0.39, 0.29) is 5.41 Å². The lowest BCUT2D eigenvalue weighted by atomic mass is 9.89. The first-order valence-electron chi connectivity index (χ1n) is 6.27. The highest BCUT2D eigenvalue weighted by Crippen LogP contribution is 2.27. The van der Waals surface area contributed by atoms with Gasteiger partial charge in [0.05, 0.1) is 11.4 Å². The Morgan fingerprint density at radius 1 is 1.32 bits per heavy atom. The molecule has 0 atom stereocenters. The lowest BCUT2D eigenvalue weighted by Crippen LogP contribution is -2.24. The van der Waals surface area contributed by atoms with Crippen molar-refractivity contribution in [2.24, 2.45) is 5.41 Å². The van der Waals surface area contributed by atoms with Gasteiger partial charge < -0.3 is 15.8 Å². The number of nitrogens with one attached hydrogen (secondary N) is 1. The number of hydrogen-bond donors (Lipinski definition) is 2. The molecule has 0 aliphatic carbocycles. The van der Waals surface area contributed by atoms with Crippen LogP contribution in [0.15, 0.2) is 16.8 Å². The van der Waals surface area contributed by atoms with E-state index in [1.165, 1.54) is 0 Å². The minimum Gasteiger partial charge on any atom is -0.397 e. The molecule has 0 saturated heterocycles. The largest absolute Gasteiger partial charge is 0.397 e. The van der Waals surface area contributed by atoms with Gasteiger partial charge in [-0.15, -0.1) is 0 Å². The van der Waals surface area contributed by atoms with Gasteiger partial charge in [-0.1, -0.05) is 13.8 Å². The monoisotopic (exact) mass is 264 g/mol. The van der Waals surface area contributed by atoms with Crippen molar-refractivity contribution in [2.75, 3.05) is 31.3 Å². The molecule has 0 unspecified atom stereocenters. The normalized spacial score (nSPS) is 11.9. The molecule has 0 aliphatic heterocycles. The van der Waals surface area contributed by atoms with E-state index in [1.807, 2.05) is 6.07 Å². The first kappa shape index (κ1) is 13.6. The van der Waals surface area contributed by atoms with E-state index in [0.717, 1.165) is 25.3 Å². The highest BCUT2D eigenvalue weighted by molar-refractivity contribution is 5.94. The lowest BCUT2D eigenvalue weighted by Gasteiger charge is -2.25. The molecular formula is C13H20N4O2. The molecule has 0 radical (unpaired) electrons. The number of nitrogens with zero attached hydrogens (tertiary/aromatic N) is 2. The van der Waals surface area contributed by atoms with E-state index in [9.17, 15) is 0 Å². The maximum Gasteiger partial charge on any atom is 0.160 e. The van der Waals surface area contributed by atoms with Crippen molar-refractivity contribution in [2.45, 2.75) is 20.3 Å². The predicted octanol–water partition coefficient (Wildman–Crippen LogP) is 2.28. The zero-order valence-corrected chi connectivity index (χ0v) is 11.6. The summed E-state index contributed by atoms with van der Waals surface area (Å²) in [5.74, 6) is 0. The zero-order chi connectivity index (χ0) is 13.9. The molecule has 104 valence electrons. The Labute approximate surface area is 112 Å². The zero-order valence-electron chi connectivity index (χ0n) is 11.6. The summed E-state index contributed by atoms with van der Waals surface area (Å²) in [6.07, 6.45) is 0.978. The Hall–Kier alpha value is -1.82. The molecule has 6 heteroatoms. The van der Waals surface area contributed by atoms with Crippen LogP contribution in [0.2, 0.25) is 0 Å². The van der Waals surface area contributed by atoms with Crippen molar-refractivity contribution in [3.63, 3.8) is 0 Å². The fourth-order valence-electron chi connectivity index (χ4n) is 1.83. The molecule has 0 saturated carbocycles. The number of methoxy groups -OCH3 is 1. The summed E-state index contributed by atoms with van der Waals surface area (Å²) in [6, 6.07) is 3.70. The number of hydrogen-bond acceptors (Lipinski definition) is 6. The van der Waals surface area contributed by atoms with Crippen molar-refractivity contribution < 1.29 is 9.37 Å². The quantitative estimate of drug-likeness (QED) is 0.778. The van der Waals surface area contributed by atoms with Crippen LogP contribution in [0.3, 0.4) is 0 Å². The second kappa shape index (κ2) is 5.44. The summed E-state index contributed by atoms with van der Waals surface area (Å²) >= 11 is 0. The second-order valence-electron chi connectivity index (χ2n) is 5.42. The third-order valence-electron chi connectivity index (χ3n) is 3.19. The van der Waals surface area contributed by atoms with E-state index in [2.05, 4.69) is 29.5 Å². The van der Waals surface area contributed by atoms with Crippen LogP contribution in [-0.2, 0) is 4.74 Å². The van der Waals surface area contributed by atoms with Gasteiger partial charge in [-0.2, -0.15) is 0 Å². The van der Waals surface area contributed by atoms with Gasteiger partial charge in [0.15, 0.2) is 11.0 Å². The first-order valence-corrected chi connectivity index (χ1v) is 6.27. The summed E-state index contributed by atoms with van der Waals surface area (Å²) in [7, 11) is 1.72. The number of ether oxygens (including phenoxy) is 1. The Balaban J connectivity index is 2.10. The molecule has 0 aliphatic rings. The van der Waals surface area contributed by atoms with Crippen molar-refractivity contribution in [3.8, 4) is 0 Å². The summed E-state index contributed by atoms with van der Waals surface area (Å²) in [5.41, 5.74) is 8.66. The van der Waals surface area contributed by atoms with Gasteiger partial charge in [-0.05, 0) is 34.3 Å².